The first-order valence-electron chi connectivity index (χ1n) is 6.69. The fourth-order valence-electron chi connectivity index (χ4n) is 1.82. The van der Waals surface area contributed by atoms with Crippen LogP contribution in [0.25, 0.3) is 0 Å². The summed E-state index contributed by atoms with van der Waals surface area (Å²) in [5.41, 5.74) is 5.25. The van der Waals surface area contributed by atoms with Gasteiger partial charge in [-0.3, -0.25) is 14.9 Å². The minimum Gasteiger partial charge on any atom is -0.341 e. The molecular formula is C14H21ClFN3O3. The normalized spacial score (nSPS) is 11.7. The number of nitro groups is 1. The zero-order chi connectivity index (χ0) is 16.2. The number of nitrogens with zero attached hydrogens (tertiary/aromatic N) is 2. The molecule has 0 spiro atoms. The lowest BCUT2D eigenvalue weighted by atomic mass is 10.0. The highest BCUT2D eigenvalue weighted by Crippen LogP contribution is 2.21. The van der Waals surface area contributed by atoms with E-state index in [0.29, 0.717) is 13.0 Å². The Bertz CT molecular complexity index is 540. The summed E-state index contributed by atoms with van der Waals surface area (Å²) in [6.45, 7) is 4.35. The van der Waals surface area contributed by atoms with Crippen molar-refractivity contribution in [1.82, 2.24) is 4.90 Å². The monoisotopic (exact) mass is 333 g/mol. The zero-order valence-electron chi connectivity index (χ0n) is 12.8. The van der Waals surface area contributed by atoms with Crippen molar-refractivity contribution in [1.29, 1.82) is 0 Å². The minimum atomic E-state index is -0.760. The van der Waals surface area contributed by atoms with Crippen LogP contribution in [0.5, 0.6) is 0 Å². The van der Waals surface area contributed by atoms with E-state index < -0.39 is 22.3 Å². The maximum atomic E-state index is 13.1. The van der Waals surface area contributed by atoms with Gasteiger partial charge in [-0.15, -0.1) is 12.4 Å². The van der Waals surface area contributed by atoms with Crippen LogP contribution in [0.2, 0.25) is 0 Å². The number of amides is 1. The molecule has 0 aliphatic rings. The molecule has 0 saturated carbocycles. The van der Waals surface area contributed by atoms with Gasteiger partial charge >= 0.3 is 0 Å². The number of hydrogen-bond donors (Lipinski definition) is 1. The number of rotatable bonds is 6. The Balaban J connectivity index is 0.00000441. The molecule has 8 heteroatoms. The summed E-state index contributed by atoms with van der Waals surface area (Å²) < 4.78 is 13.1. The quantitative estimate of drug-likeness (QED) is 0.640. The first kappa shape index (κ1) is 20.3. The van der Waals surface area contributed by atoms with Crippen LogP contribution in [0.3, 0.4) is 0 Å². The van der Waals surface area contributed by atoms with Crippen molar-refractivity contribution >= 4 is 24.0 Å². The predicted octanol–water partition coefficient (Wildman–Crippen LogP) is 2.60. The van der Waals surface area contributed by atoms with Gasteiger partial charge in [0, 0.05) is 19.6 Å². The van der Waals surface area contributed by atoms with Gasteiger partial charge in [0.15, 0.2) is 0 Å². The Morgan fingerprint density at radius 3 is 2.55 bits per heavy atom. The average Bonchev–Trinajstić information content (AvgIpc) is 2.43. The van der Waals surface area contributed by atoms with Crippen molar-refractivity contribution < 1.29 is 14.1 Å². The van der Waals surface area contributed by atoms with E-state index in [-0.39, 0.29) is 29.9 Å². The molecule has 1 aromatic rings. The van der Waals surface area contributed by atoms with Crippen LogP contribution in [0, 0.1) is 21.8 Å². The summed E-state index contributed by atoms with van der Waals surface area (Å²) >= 11 is 0. The summed E-state index contributed by atoms with van der Waals surface area (Å²) in [4.78, 5) is 23.7. The second-order valence-electron chi connectivity index (χ2n) is 5.34. The molecule has 1 aromatic carbocycles. The molecule has 1 rings (SSSR count). The molecule has 22 heavy (non-hydrogen) atoms. The van der Waals surface area contributed by atoms with Crippen LogP contribution >= 0.6 is 12.4 Å². The Hall–Kier alpha value is -1.73. The molecule has 0 aliphatic heterocycles. The Labute approximate surface area is 135 Å². The van der Waals surface area contributed by atoms with Gasteiger partial charge < -0.3 is 10.6 Å². The van der Waals surface area contributed by atoms with E-state index in [2.05, 4.69) is 0 Å². The zero-order valence-corrected chi connectivity index (χ0v) is 13.6. The van der Waals surface area contributed by atoms with Crippen molar-refractivity contribution in [3.8, 4) is 0 Å². The lowest BCUT2D eigenvalue weighted by Gasteiger charge is -2.21. The smallest absolute Gasteiger partial charge is 0.285 e. The highest BCUT2D eigenvalue weighted by molar-refractivity contribution is 5.97. The lowest BCUT2D eigenvalue weighted by Crippen LogP contribution is -2.34. The molecule has 1 atom stereocenters. The molecule has 0 heterocycles. The van der Waals surface area contributed by atoms with Gasteiger partial charge in [-0.2, -0.15) is 0 Å². The van der Waals surface area contributed by atoms with Crippen LogP contribution in [0.15, 0.2) is 18.2 Å². The number of halogens is 2. The fourth-order valence-corrected chi connectivity index (χ4v) is 1.82. The van der Waals surface area contributed by atoms with E-state index in [0.717, 1.165) is 18.2 Å². The predicted molar refractivity (Wildman–Crippen MR) is 84.7 cm³/mol. The van der Waals surface area contributed by atoms with Crippen LogP contribution in [-0.2, 0) is 0 Å². The molecule has 0 fully saturated rings. The van der Waals surface area contributed by atoms with Crippen molar-refractivity contribution in [3.63, 3.8) is 0 Å². The number of nitrogens with two attached hydrogens (primary N) is 1. The van der Waals surface area contributed by atoms with Gasteiger partial charge in [0.25, 0.3) is 11.6 Å². The average molecular weight is 334 g/mol. The van der Waals surface area contributed by atoms with Gasteiger partial charge in [0.1, 0.15) is 11.4 Å². The summed E-state index contributed by atoms with van der Waals surface area (Å²) in [6, 6.07) is 2.87. The van der Waals surface area contributed by atoms with Crippen LogP contribution in [0.4, 0.5) is 10.1 Å². The number of carbonyl (C=O) groups is 1. The molecule has 124 valence electrons. The molecule has 0 aliphatic carbocycles. The highest BCUT2D eigenvalue weighted by Gasteiger charge is 2.24. The van der Waals surface area contributed by atoms with Gasteiger partial charge in [0.2, 0.25) is 0 Å². The Kier molecular flexibility index (Phi) is 7.97. The second-order valence-corrected chi connectivity index (χ2v) is 5.34. The standard InChI is InChI=1S/C14H20FN3O3.ClH/c1-9(2)12(16)6-7-17(3)14(19)11-5-4-10(15)8-13(11)18(20)21;/h4-5,8-9,12H,6-7,16H2,1-3H3;1H. The second kappa shape index (κ2) is 8.65. The number of hydrogen-bond acceptors (Lipinski definition) is 4. The molecule has 0 saturated heterocycles. The van der Waals surface area contributed by atoms with Crippen molar-refractivity contribution in [2.75, 3.05) is 13.6 Å². The van der Waals surface area contributed by atoms with Crippen LogP contribution in [-0.4, -0.2) is 35.4 Å². The summed E-state index contributed by atoms with van der Waals surface area (Å²) in [5.74, 6) is -0.978. The Morgan fingerprint density at radius 2 is 2.05 bits per heavy atom. The molecule has 1 amide bonds. The van der Waals surface area contributed by atoms with E-state index in [1.807, 2.05) is 13.8 Å². The van der Waals surface area contributed by atoms with Crippen LogP contribution in [0.1, 0.15) is 30.6 Å². The third kappa shape index (κ3) is 5.23. The number of nitro benzene ring substituents is 1. The SMILES string of the molecule is CC(C)C(N)CCN(C)C(=O)c1ccc(F)cc1[N+](=O)[O-].Cl. The summed E-state index contributed by atoms with van der Waals surface area (Å²) in [5, 5.41) is 10.9. The van der Waals surface area contributed by atoms with E-state index in [1.54, 1.807) is 7.05 Å². The highest BCUT2D eigenvalue weighted by atomic mass is 35.5. The number of carbonyl (C=O) groups excluding carboxylic acids is 1. The fraction of sp³-hybridized carbons (Fsp3) is 0.500. The van der Waals surface area contributed by atoms with Crippen LogP contribution < -0.4 is 5.73 Å². The molecule has 0 bridgehead atoms. The van der Waals surface area contributed by atoms with Crippen molar-refractivity contribution in [3.05, 3.63) is 39.7 Å². The number of benzene rings is 1. The molecular weight excluding hydrogens is 313 g/mol. The molecule has 0 radical (unpaired) electrons. The molecule has 2 N–H and O–H groups in total. The van der Waals surface area contributed by atoms with Gasteiger partial charge in [0.05, 0.1) is 11.0 Å². The third-order valence-electron chi connectivity index (χ3n) is 3.39. The van der Waals surface area contributed by atoms with E-state index >= 15 is 0 Å². The van der Waals surface area contributed by atoms with Gasteiger partial charge in [-0.1, -0.05) is 13.8 Å². The topological polar surface area (TPSA) is 89.5 Å². The molecule has 6 nitrogen and oxygen atoms in total. The van der Waals surface area contributed by atoms with Crippen molar-refractivity contribution in [2.45, 2.75) is 26.3 Å². The van der Waals surface area contributed by atoms with E-state index in [9.17, 15) is 19.3 Å². The third-order valence-corrected chi connectivity index (χ3v) is 3.39. The molecule has 0 aromatic heterocycles. The molecule has 1 unspecified atom stereocenters. The Morgan fingerprint density at radius 1 is 1.45 bits per heavy atom. The van der Waals surface area contributed by atoms with Gasteiger partial charge in [-0.25, -0.2) is 4.39 Å². The van der Waals surface area contributed by atoms with E-state index in [4.69, 9.17) is 5.73 Å². The van der Waals surface area contributed by atoms with Gasteiger partial charge in [-0.05, 0) is 24.5 Å². The first-order chi connectivity index (χ1) is 9.73. The largest absolute Gasteiger partial charge is 0.341 e. The maximum absolute atomic E-state index is 13.1. The lowest BCUT2D eigenvalue weighted by molar-refractivity contribution is -0.385. The summed E-state index contributed by atoms with van der Waals surface area (Å²) in [6.07, 6.45) is 0.592. The van der Waals surface area contributed by atoms with Crippen molar-refractivity contribution in [2.24, 2.45) is 11.7 Å². The maximum Gasteiger partial charge on any atom is 0.285 e. The van der Waals surface area contributed by atoms with E-state index in [1.165, 1.54) is 4.90 Å². The minimum absolute atomic E-state index is 0. The summed E-state index contributed by atoms with van der Waals surface area (Å²) in [7, 11) is 1.54. The first-order valence-corrected chi connectivity index (χ1v) is 6.69.